The molecule has 1 aromatic rings. The first-order valence-corrected chi connectivity index (χ1v) is 7.14. The lowest BCUT2D eigenvalue weighted by molar-refractivity contribution is 0.0903. The highest BCUT2D eigenvalue weighted by Crippen LogP contribution is 2.19. The molecule has 1 aliphatic rings. The van der Waals surface area contributed by atoms with Crippen molar-refractivity contribution in [2.45, 2.75) is 45.2 Å². The Balaban J connectivity index is 2.19. The van der Waals surface area contributed by atoms with E-state index in [9.17, 15) is 4.79 Å². The molecule has 0 radical (unpaired) electrons. The quantitative estimate of drug-likeness (QED) is 0.775. The maximum Gasteiger partial charge on any atom is 0.254 e. The van der Waals surface area contributed by atoms with Gasteiger partial charge in [-0.05, 0) is 33.6 Å². The molecule has 0 spiro atoms. The molecule has 1 fully saturated rings. The molecule has 0 unspecified atom stereocenters. The molecule has 7 heteroatoms. The topological polar surface area (TPSA) is 102 Å². The van der Waals surface area contributed by atoms with Crippen molar-refractivity contribution < 1.29 is 9.53 Å². The van der Waals surface area contributed by atoms with Gasteiger partial charge in [0.2, 0.25) is 5.95 Å². The summed E-state index contributed by atoms with van der Waals surface area (Å²) in [5.41, 5.74) is 5.44. The molecule has 1 aromatic heterocycles. The maximum absolute atomic E-state index is 11.5. The monoisotopic (exact) mass is 293 g/mol. The zero-order valence-electron chi connectivity index (χ0n) is 12.8. The molecular weight excluding hydrogens is 270 g/mol. The number of amides is 1. The summed E-state index contributed by atoms with van der Waals surface area (Å²) in [6.07, 6.45) is 3.30. The number of hydrogen-bond donors (Lipinski definition) is 3. The van der Waals surface area contributed by atoms with Gasteiger partial charge in [0.05, 0.1) is 5.56 Å². The van der Waals surface area contributed by atoms with Crippen molar-refractivity contribution in [3.63, 3.8) is 0 Å². The van der Waals surface area contributed by atoms with Crippen molar-refractivity contribution in [2.24, 2.45) is 5.73 Å². The van der Waals surface area contributed by atoms with Gasteiger partial charge in [-0.1, -0.05) is 0 Å². The summed E-state index contributed by atoms with van der Waals surface area (Å²) in [4.78, 5) is 20.1. The predicted octanol–water partition coefficient (Wildman–Crippen LogP) is 1.38. The van der Waals surface area contributed by atoms with E-state index in [1.54, 1.807) is 0 Å². The molecule has 0 atom stereocenters. The van der Waals surface area contributed by atoms with Gasteiger partial charge in [-0.3, -0.25) is 4.79 Å². The van der Waals surface area contributed by atoms with E-state index in [1.165, 1.54) is 6.20 Å². The first-order valence-electron chi connectivity index (χ1n) is 7.14. The van der Waals surface area contributed by atoms with Gasteiger partial charge in [0.15, 0.2) is 0 Å². The van der Waals surface area contributed by atoms with Crippen LogP contribution in [0, 0.1) is 0 Å². The van der Waals surface area contributed by atoms with Gasteiger partial charge in [-0.25, -0.2) is 4.98 Å². The van der Waals surface area contributed by atoms with Crippen LogP contribution in [-0.4, -0.2) is 40.7 Å². The van der Waals surface area contributed by atoms with Crippen molar-refractivity contribution in [3.05, 3.63) is 11.8 Å². The molecular formula is C14H23N5O2. The Labute approximate surface area is 124 Å². The van der Waals surface area contributed by atoms with Crippen molar-refractivity contribution in [2.75, 3.05) is 23.8 Å². The zero-order chi connectivity index (χ0) is 15.5. The van der Waals surface area contributed by atoms with E-state index in [4.69, 9.17) is 10.5 Å². The summed E-state index contributed by atoms with van der Waals surface area (Å²) in [5, 5.41) is 6.47. The van der Waals surface area contributed by atoms with Crippen molar-refractivity contribution >= 4 is 17.7 Å². The fourth-order valence-electron chi connectivity index (χ4n) is 2.11. The van der Waals surface area contributed by atoms with Crippen LogP contribution >= 0.6 is 0 Å². The van der Waals surface area contributed by atoms with E-state index < -0.39 is 5.91 Å². The number of nitrogens with two attached hydrogens (primary N) is 1. The number of rotatable bonds is 4. The van der Waals surface area contributed by atoms with Crippen LogP contribution in [0.15, 0.2) is 6.20 Å². The number of ether oxygens (including phenoxy) is 1. The summed E-state index contributed by atoms with van der Waals surface area (Å²) in [6, 6.07) is 0.292. The van der Waals surface area contributed by atoms with E-state index in [-0.39, 0.29) is 5.54 Å². The van der Waals surface area contributed by atoms with E-state index in [2.05, 4.69) is 20.6 Å². The highest BCUT2D eigenvalue weighted by molar-refractivity contribution is 5.97. The van der Waals surface area contributed by atoms with Crippen molar-refractivity contribution in [1.82, 2.24) is 9.97 Å². The molecule has 1 aliphatic heterocycles. The van der Waals surface area contributed by atoms with E-state index in [1.807, 2.05) is 20.8 Å². The van der Waals surface area contributed by atoms with Gasteiger partial charge in [0, 0.05) is 31.0 Å². The fraction of sp³-hybridized carbons (Fsp3) is 0.643. The van der Waals surface area contributed by atoms with Crippen LogP contribution in [-0.2, 0) is 4.74 Å². The van der Waals surface area contributed by atoms with Gasteiger partial charge in [0.25, 0.3) is 5.91 Å². The van der Waals surface area contributed by atoms with Crippen LogP contribution in [0.5, 0.6) is 0 Å². The Bertz CT molecular complexity index is 507. The van der Waals surface area contributed by atoms with Gasteiger partial charge in [-0.2, -0.15) is 4.98 Å². The smallest absolute Gasteiger partial charge is 0.254 e. The lowest BCUT2D eigenvalue weighted by atomic mass is 10.1. The van der Waals surface area contributed by atoms with E-state index >= 15 is 0 Å². The van der Waals surface area contributed by atoms with Crippen molar-refractivity contribution in [1.29, 1.82) is 0 Å². The summed E-state index contributed by atoms with van der Waals surface area (Å²) in [7, 11) is 0. The Kier molecular flexibility index (Phi) is 4.62. The molecule has 1 amide bonds. The molecule has 116 valence electrons. The Morgan fingerprint density at radius 2 is 2.05 bits per heavy atom. The third kappa shape index (κ3) is 4.56. The minimum Gasteiger partial charge on any atom is -0.381 e. The zero-order valence-corrected chi connectivity index (χ0v) is 12.8. The number of carbonyl (C=O) groups is 1. The lowest BCUT2D eigenvalue weighted by Gasteiger charge is -2.25. The highest BCUT2D eigenvalue weighted by atomic mass is 16.5. The number of primary amides is 1. The number of nitrogens with one attached hydrogen (secondary N) is 2. The average Bonchev–Trinajstić information content (AvgIpc) is 2.37. The van der Waals surface area contributed by atoms with Crippen molar-refractivity contribution in [3.8, 4) is 0 Å². The summed E-state index contributed by atoms with van der Waals surface area (Å²) in [6.45, 7) is 7.46. The average molecular weight is 293 g/mol. The number of anilines is 2. The largest absolute Gasteiger partial charge is 0.381 e. The lowest BCUT2D eigenvalue weighted by Crippen LogP contribution is -2.31. The molecule has 7 nitrogen and oxygen atoms in total. The Morgan fingerprint density at radius 1 is 1.38 bits per heavy atom. The first kappa shape index (κ1) is 15.5. The molecule has 2 heterocycles. The number of carbonyl (C=O) groups excluding carboxylic acids is 1. The molecule has 0 aromatic carbocycles. The predicted molar refractivity (Wildman–Crippen MR) is 81.4 cm³/mol. The van der Waals surface area contributed by atoms with Crippen LogP contribution in [0.1, 0.15) is 44.0 Å². The second kappa shape index (κ2) is 6.26. The number of aromatic nitrogens is 2. The molecule has 2 rings (SSSR count). The second-order valence-electron chi connectivity index (χ2n) is 6.23. The molecule has 4 N–H and O–H groups in total. The number of nitrogens with zero attached hydrogens (tertiary/aromatic N) is 2. The van der Waals surface area contributed by atoms with Gasteiger partial charge >= 0.3 is 0 Å². The SMILES string of the molecule is CC(C)(C)Nc1nc(NC2CCOCC2)ncc1C(N)=O. The minimum absolute atomic E-state index is 0.228. The third-order valence-corrected chi connectivity index (χ3v) is 3.10. The normalized spacial score (nSPS) is 16.5. The van der Waals surface area contributed by atoms with Gasteiger partial charge in [-0.15, -0.1) is 0 Å². The standard InChI is InChI=1S/C14H23N5O2/c1-14(2,3)19-12-10(11(15)20)8-16-13(18-12)17-9-4-6-21-7-5-9/h8-9H,4-7H2,1-3H3,(H2,15,20)(H2,16,17,18,19). The molecule has 0 aliphatic carbocycles. The van der Waals surface area contributed by atoms with E-state index in [0.717, 1.165) is 26.1 Å². The van der Waals surface area contributed by atoms with Gasteiger partial charge in [0.1, 0.15) is 5.82 Å². The first-order chi connectivity index (χ1) is 9.85. The summed E-state index contributed by atoms with van der Waals surface area (Å²) < 4.78 is 5.32. The Morgan fingerprint density at radius 3 is 2.62 bits per heavy atom. The van der Waals surface area contributed by atoms with Crippen LogP contribution in [0.2, 0.25) is 0 Å². The number of hydrogen-bond acceptors (Lipinski definition) is 6. The van der Waals surface area contributed by atoms with Crippen LogP contribution in [0.4, 0.5) is 11.8 Å². The van der Waals surface area contributed by atoms with Crippen LogP contribution in [0.25, 0.3) is 0 Å². The maximum atomic E-state index is 11.5. The van der Waals surface area contributed by atoms with Crippen LogP contribution in [0.3, 0.4) is 0 Å². The summed E-state index contributed by atoms with van der Waals surface area (Å²) in [5.74, 6) is 0.414. The van der Waals surface area contributed by atoms with Crippen LogP contribution < -0.4 is 16.4 Å². The molecule has 1 saturated heterocycles. The summed E-state index contributed by atoms with van der Waals surface area (Å²) >= 11 is 0. The fourth-order valence-corrected chi connectivity index (χ4v) is 2.11. The molecule has 21 heavy (non-hydrogen) atoms. The molecule has 0 bridgehead atoms. The molecule has 0 saturated carbocycles. The second-order valence-corrected chi connectivity index (χ2v) is 6.23. The third-order valence-electron chi connectivity index (χ3n) is 3.10. The van der Waals surface area contributed by atoms with Gasteiger partial charge < -0.3 is 21.1 Å². The minimum atomic E-state index is -0.542. The van der Waals surface area contributed by atoms with E-state index in [0.29, 0.717) is 23.4 Å². The highest BCUT2D eigenvalue weighted by Gasteiger charge is 2.19. The Hall–Kier alpha value is -1.89.